The lowest BCUT2D eigenvalue weighted by molar-refractivity contribution is 0.0954. The van der Waals surface area contributed by atoms with Gasteiger partial charge in [-0.3, -0.25) is 9.78 Å². The summed E-state index contributed by atoms with van der Waals surface area (Å²) >= 11 is 1.20. The molecule has 106 valence electrons. The maximum atomic E-state index is 12.2. The Morgan fingerprint density at radius 1 is 1.33 bits per heavy atom. The zero-order valence-electron chi connectivity index (χ0n) is 11.5. The molecule has 5 nitrogen and oxygen atoms in total. The predicted molar refractivity (Wildman–Crippen MR) is 84.2 cm³/mol. The lowest BCUT2D eigenvalue weighted by Crippen LogP contribution is -2.22. The second-order valence-corrected chi connectivity index (χ2v) is 5.67. The Morgan fingerprint density at radius 2 is 2.14 bits per heavy atom. The molecule has 0 saturated carbocycles. The zero-order valence-corrected chi connectivity index (χ0v) is 12.3. The third-order valence-electron chi connectivity index (χ3n) is 3.18. The Bertz CT molecular complexity index is 807. The van der Waals surface area contributed by atoms with Gasteiger partial charge in [0.15, 0.2) is 5.13 Å². The van der Waals surface area contributed by atoms with Crippen LogP contribution in [-0.4, -0.2) is 15.9 Å². The standard InChI is InChI=1S/C15H14N4OS/c1-9-13(21-15(16)19-9)14(20)18-8-11-5-2-4-10-6-3-7-17-12(10)11/h2-7H,8H2,1H3,(H2,16,19)(H,18,20). The minimum absolute atomic E-state index is 0.158. The highest BCUT2D eigenvalue weighted by Crippen LogP contribution is 2.20. The molecule has 1 aromatic carbocycles. The van der Waals surface area contributed by atoms with Crippen molar-refractivity contribution in [3.8, 4) is 0 Å². The summed E-state index contributed by atoms with van der Waals surface area (Å²) in [5.74, 6) is -0.158. The van der Waals surface area contributed by atoms with Crippen LogP contribution in [-0.2, 0) is 6.54 Å². The lowest BCUT2D eigenvalue weighted by atomic mass is 10.1. The fourth-order valence-electron chi connectivity index (χ4n) is 2.19. The first-order valence-corrected chi connectivity index (χ1v) is 7.30. The van der Waals surface area contributed by atoms with Crippen molar-refractivity contribution in [2.24, 2.45) is 0 Å². The number of nitrogens with one attached hydrogen (secondary N) is 1. The summed E-state index contributed by atoms with van der Waals surface area (Å²) in [7, 11) is 0. The second kappa shape index (κ2) is 5.49. The number of para-hydroxylation sites is 1. The van der Waals surface area contributed by atoms with Crippen LogP contribution in [0.2, 0.25) is 0 Å². The third kappa shape index (κ3) is 2.71. The number of benzene rings is 1. The van der Waals surface area contributed by atoms with Crippen molar-refractivity contribution in [3.05, 3.63) is 52.7 Å². The molecular formula is C15H14N4OS. The number of pyridine rings is 1. The van der Waals surface area contributed by atoms with Crippen molar-refractivity contribution in [1.29, 1.82) is 0 Å². The van der Waals surface area contributed by atoms with Gasteiger partial charge in [-0.2, -0.15) is 0 Å². The third-order valence-corrected chi connectivity index (χ3v) is 4.16. The number of nitrogens with two attached hydrogens (primary N) is 1. The largest absolute Gasteiger partial charge is 0.375 e. The van der Waals surface area contributed by atoms with Crippen molar-refractivity contribution in [2.75, 3.05) is 5.73 Å². The Labute approximate surface area is 125 Å². The topological polar surface area (TPSA) is 80.9 Å². The number of hydrogen-bond donors (Lipinski definition) is 2. The van der Waals surface area contributed by atoms with Crippen LogP contribution in [0.25, 0.3) is 10.9 Å². The molecule has 0 unspecified atom stereocenters. The summed E-state index contributed by atoms with van der Waals surface area (Å²) in [5.41, 5.74) is 8.16. The highest BCUT2D eigenvalue weighted by Gasteiger charge is 2.14. The van der Waals surface area contributed by atoms with Gasteiger partial charge in [0, 0.05) is 18.1 Å². The average molecular weight is 298 g/mol. The number of aryl methyl sites for hydroxylation is 1. The monoisotopic (exact) mass is 298 g/mol. The van der Waals surface area contributed by atoms with Crippen LogP contribution >= 0.6 is 11.3 Å². The maximum Gasteiger partial charge on any atom is 0.263 e. The Kier molecular flexibility index (Phi) is 3.53. The first-order chi connectivity index (χ1) is 10.1. The lowest BCUT2D eigenvalue weighted by Gasteiger charge is -2.07. The second-order valence-electron chi connectivity index (χ2n) is 4.64. The van der Waals surface area contributed by atoms with E-state index >= 15 is 0 Å². The van der Waals surface area contributed by atoms with E-state index in [1.165, 1.54) is 11.3 Å². The normalized spacial score (nSPS) is 10.7. The van der Waals surface area contributed by atoms with Gasteiger partial charge < -0.3 is 11.1 Å². The summed E-state index contributed by atoms with van der Waals surface area (Å²) in [5, 5.41) is 4.36. The van der Waals surface area contributed by atoms with Gasteiger partial charge in [-0.15, -0.1) is 0 Å². The quantitative estimate of drug-likeness (QED) is 0.778. The molecule has 0 radical (unpaired) electrons. The van der Waals surface area contributed by atoms with E-state index in [0.717, 1.165) is 16.5 Å². The van der Waals surface area contributed by atoms with Gasteiger partial charge in [0.1, 0.15) is 4.88 Å². The smallest absolute Gasteiger partial charge is 0.263 e. The summed E-state index contributed by atoms with van der Waals surface area (Å²) in [6.07, 6.45) is 1.75. The number of hydrogen-bond acceptors (Lipinski definition) is 5. The van der Waals surface area contributed by atoms with Gasteiger partial charge in [-0.25, -0.2) is 4.98 Å². The van der Waals surface area contributed by atoms with E-state index in [4.69, 9.17) is 5.73 Å². The number of aromatic nitrogens is 2. The van der Waals surface area contributed by atoms with Crippen molar-refractivity contribution >= 4 is 33.3 Å². The molecule has 2 aromatic heterocycles. The molecule has 0 bridgehead atoms. The van der Waals surface area contributed by atoms with E-state index in [1.807, 2.05) is 30.3 Å². The first-order valence-electron chi connectivity index (χ1n) is 6.49. The van der Waals surface area contributed by atoms with E-state index in [-0.39, 0.29) is 5.91 Å². The van der Waals surface area contributed by atoms with Crippen molar-refractivity contribution < 1.29 is 4.79 Å². The molecule has 0 aliphatic carbocycles. The van der Waals surface area contributed by atoms with Gasteiger partial charge in [0.25, 0.3) is 5.91 Å². The minimum atomic E-state index is -0.158. The van der Waals surface area contributed by atoms with E-state index in [0.29, 0.717) is 22.2 Å². The van der Waals surface area contributed by atoms with Gasteiger partial charge in [0.2, 0.25) is 0 Å². The molecule has 0 aliphatic heterocycles. The molecule has 0 fully saturated rings. The highest BCUT2D eigenvalue weighted by atomic mass is 32.1. The number of carbonyl (C=O) groups excluding carboxylic acids is 1. The van der Waals surface area contributed by atoms with Gasteiger partial charge >= 0.3 is 0 Å². The average Bonchev–Trinajstić information content (AvgIpc) is 2.83. The molecule has 1 amide bonds. The van der Waals surface area contributed by atoms with Crippen LogP contribution < -0.4 is 11.1 Å². The van der Waals surface area contributed by atoms with E-state index in [9.17, 15) is 4.79 Å². The van der Waals surface area contributed by atoms with Crippen molar-refractivity contribution in [3.63, 3.8) is 0 Å². The number of nitrogen functional groups attached to an aromatic ring is 1. The summed E-state index contributed by atoms with van der Waals surface area (Å²) in [6, 6.07) is 9.82. The maximum absolute atomic E-state index is 12.2. The minimum Gasteiger partial charge on any atom is -0.375 e. The summed E-state index contributed by atoms with van der Waals surface area (Å²) in [6.45, 7) is 2.20. The van der Waals surface area contributed by atoms with Crippen molar-refractivity contribution in [1.82, 2.24) is 15.3 Å². The molecule has 3 N–H and O–H groups in total. The molecule has 0 saturated heterocycles. The highest BCUT2D eigenvalue weighted by molar-refractivity contribution is 7.17. The van der Waals surface area contributed by atoms with Crippen LogP contribution in [0.1, 0.15) is 20.9 Å². The number of carbonyl (C=O) groups is 1. The SMILES string of the molecule is Cc1nc(N)sc1C(=O)NCc1cccc2cccnc12. The molecule has 3 aromatic rings. The first kappa shape index (κ1) is 13.5. The summed E-state index contributed by atoms with van der Waals surface area (Å²) < 4.78 is 0. The molecular weight excluding hydrogens is 284 g/mol. The zero-order chi connectivity index (χ0) is 14.8. The molecule has 6 heteroatoms. The molecule has 21 heavy (non-hydrogen) atoms. The Balaban J connectivity index is 1.81. The predicted octanol–water partition coefficient (Wildman–Crippen LogP) is 2.51. The van der Waals surface area contributed by atoms with Gasteiger partial charge in [-0.1, -0.05) is 35.6 Å². The van der Waals surface area contributed by atoms with E-state index < -0.39 is 0 Å². The van der Waals surface area contributed by atoms with Gasteiger partial charge in [0.05, 0.1) is 11.2 Å². The molecule has 0 aliphatic rings. The Morgan fingerprint density at radius 3 is 2.90 bits per heavy atom. The van der Waals surface area contributed by atoms with Crippen molar-refractivity contribution in [2.45, 2.75) is 13.5 Å². The molecule has 0 atom stereocenters. The van der Waals surface area contributed by atoms with Crippen LogP contribution in [0, 0.1) is 6.92 Å². The number of thiazole rings is 1. The fraction of sp³-hybridized carbons (Fsp3) is 0.133. The van der Waals surface area contributed by atoms with Crippen LogP contribution in [0.15, 0.2) is 36.5 Å². The molecule has 3 rings (SSSR count). The summed E-state index contributed by atoms with van der Waals surface area (Å²) in [4.78, 5) is 21.2. The number of fused-ring (bicyclic) bond motifs is 1. The van der Waals surface area contributed by atoms with Crippen LogP contribution in [0.4, 0.5) is 5.13 Å². The van der Waals surface area contributed by atoms with Crippen LogP contribution in [0.3, 0.4) is 0 Å². The number of nitrogens with zero attached hydrogens (tertiary/aromatic N) is 2. The number of rotatable bonds is 3. The van der Waals surface area contributed by atoms with Crippen LogP contribution in [0.5, 0.6) is 0 Å². The fourth-order valence-corrected chi connectivity index (χ4v) is 2.94. The van der Waals surface area contributed by atoms with Gasteiger partial charge in [-0.05, 0) is 18.6 Å². The number of amides is 1. The molecule has 2 heterocycles. The number of anilines is 1. The van der Waals surface area contributed by atoms with E-state index in [2.05, 4.69) is 15.3 Å². The Hall–Kier alpha value is -2.47. The van der Waals surface area contributed by atoms with E-state index in [1.54, 1.807) is 13.1 Å². The molecule has 0 spiro atoms.